The molecule has 1 heterocycles. The normalized spacial score (nSPS) is 11.2. The molecule has 0 amide bonds. The molecule has 1 aromatic heterocycles. The molecule has 0 aromatic carbocycles. The molecule has 0 atom stereocenters. The first-order valence-corrected chi connectivity index (χ1v) is 5.34. The Morgan fingerprint density at radius 3 is 2.67 bits per heavy atom. The summed E-state index contributed by atoms with van der Waals surface area (Å²) in [5.41, 5.74) is 0. The van der Waals surface area contributed by atoms with E-state index in [0.717, 1.165) is 13.0 Å². The summed E-state index contributed by atoms with van der Waals surface area (Å²) in [5.74, 6) is 1.21. The van der Waals surface area contributed by atoms with Gasteiger partial charge in [-0.1, -0.05) is 20.8 Å². The third-order valence-electron chi connectivity index (χ3n) is 1.84. The van der Waals surface area contributed by atoms with Crippen molar-refractivity contribution in [3.63, 3.8) is 0 Å². The minimum absolute atomic E-state index is 0.396. The minimum Gasteiger partial charge on any atom is -0.423 e. The molecule has 0 aliphatic carbocycles. The maximum absolute atomic E-state index is 5.37. The average Bonchev–Trinajstić information content (AvgIpc) is 2.65. The summed E-state index contributed by atoms with van der Waals surface area (Å²) in [7, 11) is 0. The van der Waals surface area contributed by atoms with Gasteiger partial charge in [0.2, 0.25) is 11.8 Å². The molecule has 86 valence electrons. The van der Waals surface area contributed by atoms with Gasteiger partial charge in [0.05, 0.1) is 6.61 Å². The fraction of sp³-hybridized carbons (Fsp3) is 0.800. The van der Waals surface area contributed by atoms with E-state index in [1.54, 1.807) is 0 Å². The van der Waals surface area contributed by atoms with Crippen molar-refractivity contribution in [2.24, 2.45) is 0 Å². The van der Waals surface area contributed by atoms with Crippen molar-refractivity contribution >= 4 is 0 Å². The van der Waals surface area contributed by atoms with Gasteiger partial charge in [0.1, 0.15) is 6.61 Å². The fourth-order valence-corrected chi connectivity index (χ4v) is 1.07. The van der Waals surface area contributed by atoms with Crippen molar-refractivity contribution in [1.82, 2.24) is 15.5 Å². The molecule has 0 aliphatic heterocycles. The van der Waals surface area contributed by atoms with Crippen LogP contribution in [0.1, 0.15) is 32.6 Å². The van der Waals surface area contributed by atoms with Gasteiger partial charge in [-0.15, -0.1) is 10.2 Å². The zero-order chi connectivity index (χ0) is 11.1. The molecule has 1 rings (SSSR count). The standard InChI is InChI=1S/C10H19N3O2/c1-4-9-12-13-10(15-9)7-14-6-5-11-8(2)3/h8,11H,4-7H2,1-3H3. The van der Waals surface area contributed by atoms with Gasteiger partial charge in [0.25, 0.3) is 0 Å². The summed E-state index contributed by atoms with van der Waals surface area (Å²) in [4.78, 5) is 0. The first kappa shape index (κ1) is 12.1. The van der Waals surface area contributed by atoms with Crippen LogP contribution < -0.4 is 5.32 Å². The molecule has 0 saturated carbocycles. The van der Waals surface area contributed by atoms with Gasteiger partial charge in [-0.25, -0.2) is 0 Å². The number of ether oxygens (including phenoxy) is 1. The highest BCUT2D eigenvalue weighted by Crippen LogP contribution is 2.01. The van der Waals surface area contributed by atoms with Crippen molar-refractivity contribution in [2.75, 3.05) is 13.2 Å². The van der Waals surface area contributed by atoms with E-state index in [9.17, 15) is 0 Å². The summed E-state index contributed by atoms with van der Waals surface area (Å²) < 4.78 is 10.7. The van der Waals surface area contributed by atoms with Gasteiger partial charge in [0, 0.05) is 19.0 Å². The van der Waals surface area contributed by atoms with Gasteiger partial charge in [-0.2, -0.15) is 0 Å². The Hall–Kier alpha value is -0.940. The number of aromatic nitrogens is 2. The van der Waals surface area contributed by atoms with E-state index in [0.29, 0.717) is 31.0 Å². The third-order valence-corrected chi connectivity index (χ3v) is 1.84. The van der Waals surface area contributed by atoms with Crippen LogP contribution in [0.4, 0.5) is 0 Å². The lowest BCUT2D eigenvalue weighted by molar-refractivity contribution is 0.102. The van der Waals surface area contributed by atoms with Gasteiger partial charge in [0.15, 0.2) is 0 Å². The van der Waals surface area contributed by atoms with Gasteiger partial charge in [-0.05, 0) is 0 Å². The molecule has 15 heavy (non-hydrogen) atoms. The second kappa shape index (κ2) is 6.53. The highest BCUT2D eigenvalue weighted by molar-refractivity contribution is 4.78. The zero-order valence-corrected chi connectivity index (χ0v) is 9.62. The topological polar surface area (TPSA) is 60.2 Å². The highest BCUT2D eigenvalue weighted by atomic mass is 16.5. The molecule has 0 aliphatic rings. The molecule has 1 N–H and O–H groups in total. The Bertz CT molecular complexity index is 273. The molecule has 0 unspecified atom stereocenters. The summed E-state index contributed by atoms with van der Waals surface area (Å²) in [6.07, 6.45) is 0.766. The zero-order valence-electron chi connectivity index (χ0n) is 9.62. The van der Waals surface area contributed by atoms with Crippen LogP contribution in [-0.4, -0.2) is 29.4 Å². The molecule has 5 nitrogen and oxygen atoms in total. The Balaban J connectivity index is 2.09. The van der Waals surface area contributed by atoms with Gasteiger partial charge >= 0.3 is 0 Å². The predicted molar refractivity (Wildman–Crippen MR) is 56.5 cm³/mol. The van der Waals surface area contributed by atoms with Crippen LogP contribution in [0.2, 0.25) is 0 Å². The third kappa shape index (κ3) is 4.90. The van der Waals surface area contributed by atoms with Crippen LogP contribution in [0, 0.1) is 0 Å². The Labute approximate surface area is 90.2 Å². The molecular formula is C10H19N3O2. The number of hydrogen-bond acceptors (Lipinski definition) is 5. The summed E-state index contributed by atoms with van der Waals surface area (Å²) >= 11 is 0. The van der Waals surface area contributed by atoms with Crippen molar-refractivity contribution in [2.45, 2.75) is 39.8 Å². The van der Waals surface area contributed by atoms with Crippen LogP contribution in [0.25, 0.3) is 0 Å². The highest BCUT2D eigenvalue weighted by Gasteiger charge is 2.03. The Morgan fingerprint density at radius 2 is 2.07 bits per heavy atom. The average molecular weight is 213 g/mol. The van der Waals surface area contributed by atoms with Crippen molar-refractivity contribution in [3.05, 3.63) is 11.8 Å². The van der Waals surface area contributed by atoms with Crippen LogP contribution >= 0.6 is 0 Å². The SMILES string of the molecule is CCc1nnc(COCCNC(C)C)o1. The van der Waals surface area contributed by atoms with E-state index in [2.05, 4.69) is 29.4 Å². The molecule has 0 saturated heterocycles. The Morgan fingerprint density at radius 1 is 1.33 bits per heavy atom. The first-order valence-electron chi connectivity index (χ1n) is 5.34. The molecular weight excluding hydrogens is 194 g/mol. The number of nitrogens with zero attached hydrogens (tertiary/aromatic N) is 2. The van der Waals surface area contributed by atoms with Crippen molar-refractivity contribution in [1.29, 1.82) is 0 Å². The first-order chi connectivity index (χ1) is 7.22. The lowest BCUT2D eigenvalue weighted by Crippen LogP contribution is -2.26. The van der Waals surface area contributed by atoms with Gasteiger partial charge < -0.3 is 14.5 Å². The van der Waals surface area contributed by atoms with Crippen molar-refractivity contribution in [3.8, 4) is 0 Å². The molecule has 0 fully saturated rings. The molecule has 0 radical (unpaired) electrons. The molecule has 0 bridgehead atoms. The van der Waals surface area contributed by atoms with E-state index in [4.69, 9.17) is 9.15 Å². The van der Waals surface area contributed by atoms with E-state index in [1.807, 2.05) is 6.92 Å². The van der Waals surface area contributed by atoms with Crippen molar-refractivity contribution < 1.29 is 9.15 Å². The molecule has 0 spiro atoms. The second-order valence-electron chi connectivity index (χ2n) is 3.60. The number of rotatable bonds is 7. The Kier molecular flexibility index (Phi) is 5.28. The second-order valence-corrected chi connectivity index (χ2v) is 3.60. The lowest BCUT2D eigenvalue weighted by atomic mass is 10.4. The molecule has 5 heteroatoms. The summed E-state index contributed by atoms with van der Waals surface area (Å²) in [5, 5.41) is 11.0. The van der Waals surface area contributed by atoms with Crippen LogP contribution in [0.5, 0.6) is 0 Å². The van der Waals surface area contributed by atoms with Gasteiger partial charge in [-0.3, -0.25) is 0 Å². The minimum atomic E-state index is 0.396. The molecule has 1 aromatic rings. The maximum atomic E-state index is 5.37. The number of nitrogens with one attached hydrogen (secondary N) is 1. The predicted octanol–water partition coefficient (Wildman–Crippen LogP) is 1.15. The smallest absolute Gasteiger partial charge is 0.242 e. The van der Waals surface area contributed by atoms with E-state index >= 15 is 0 Å². The lowest BCUT2D eigenvalue weighted by Gasteiger charge is -2.06. The summed E-state index contributed by atoms with van der Waals surface area (Å²) in [6, 6.07) is 0.490. The maximum Gasteiger partial charge on any atom is 0.242 e. The van der Waals surface area contributed by atoms with E-state index in [-0.39, 0.29) is 0 Å². The monoisotopic (exact) mass is 213 g/mol. The number of aryl methyl sites for hydroxylation is 1. The number of hydrogen-bond donors (Lipinski definition) is 1. The van der Waals surface area contributed by atoms with E-state index < -0.39 is 0 Å². The fourth-order valence-electron chi connectivity index (χ4n) is 1.07. The van der Waals surface area contributed by atoms with Crippen LogP contribution in [0.3, 0.4) is 0 Å². The van der Waals surface area contributed by atoms with Crippen LogP contribution in [-0.2, 0) is 17.8 Å². The van der Waals surface area contributed by atoms with Crippen LogP contribution in [0.15, 0.2) is 4.42 Å². The summed E-state index contributed by atoms with van der Waals surface area (Å²) in [6.45, 7) is 8.07. The quantitative estimate of drug-likeness (QED) is 0.688. The largest absolute Gasteiger partial charge is 0.423 e. The van der Waals surface area contributed by atoms with E-state index in [1.165, 1.54) is 0 Å².